The van der Waals surface area contributed by atoms with E-state index < -0.39 is 11.1 Å². The quantitative estimate of drug-likeness (QED) is 0.387. The van der Waals surface area contributed by atoms with E-state index in [1.165, 1.54) is 12.3 Å². The van der Waals surface area contributed by atoms with Gasteiger partial charge in [0, 0.05) is 17.4 Å². The molecule has 3 rings (SSSR count). The van der Waals surface area contributed by atoms with Gasteiger partial charge in [0.25, 0.3) is 0 Å². The summed E-state index contributed by atoms with van der Waals surface area (Å²) < 4.78 is 19.2. The van der Waals surface area contributed by atoms with Crippen molar-refractivity contribution in [2.75, 3.05) is 16.0 Å². The van der Waals surface area contributed by atoms with Gasteiger partial charge in [-0.2, -0.15) is 4.98 Å². The predicted molar refractivity (Wildman–Crippen MR) is 119 cm³/mol. The van der Waals surface area contributed by atoms with Gasteiger partial charge in [0.1, 0.15) is 23.5 Å². The van der Waals surface area contributed by atoms with Crippen molar-refractivity contribution in [2.45, 2.75) is 5.30 Å². The largest absolute Gasteiger partial charge is 0.501 e. The van der Waals surface area contributed by atoms with Crippen molar-refractivity contribution in [3.8, 4) is 5.88 Å². The monoisotopic (exact) mass is 410 g/mol. The summed E-state index contributed by atoms with van der Waals surface area (Å²) in [5, 5.41) is 6.49. The van der Waals surface area contributed by atoms with E-state index in [1.54, 1.807) is 30.3 Å². The fourth-order valence-electron chi connectivity index (χ4n) is 2.34. The van der Waals surface area contributed by atoms with Gasteiger partial charge in [0.2, 0.25) is 17.7 Å². The summed E-state index contributed by atoms with van der Waals surface area (Å²) in [5.74, 6) is -0.878. The minimum absolute atomic E-state index is 0.0724. The molecule has 0 bridgehead atoms. The Balaban J connectivity index is 1.73. The molecule has 0 spiro atoms. The molecule has 0 unspecified atom stereocenters. The summed E-state index contributed by atoms with van der Waals surface area (Å²) in [6, 6.07) is 9.75. The molecule has 148 valence electrons. The lowest BCUT2D eigenvalue weighted by molar-refractivity contribution is -0.111. The van der Waals surface area contributed by atoms with Crippen LogP contribution in [0.1, 0.15) is 0 Å². The number of hydrogen-bond acceptors (Lipinski definition) is 7. The smallest absolute Gasteiger partial charge is 0.247 e. The molecule has 0 saturated heterocycles. The number of pyridine rings is 1. The summed E-state index contributed by atoms with van der Waals surface area (Å²) >= 11 is 0. The molecule has 0 aliphatic heterocycles. The lowest BCUT2D eigenvalue weighted by atomic mass is 9.52. The van der Waals surface area contributed by atoms with Gasteiger partial charge in [0.15, 0.2) is 11.6 Å². The van der Waals surface area contributed by atoms with Gasteiger partial charge < -0.3 is 20.7 Å². The van der Waals surface area contributed by atoms with Crippen molar-refractivity contribution >= 4 is 58.3 Å². The van der Waals surface area contributed by atoms with Crippen LogP contribution in [-0.4, -0.2) is 49.7 Å². The second-order valence-electron chi connectivity index (χ2n) is 6.26. The van der Waals surface area contributed by atoms with Crippen molar-refractivity contribution in [3.05, 3.63) is 67.3 Å². The summed E-state index contributed by atoms with van der Waals surface area (Å²) in [6.45, 7) is 3.39. The minimum atomic E-state index is -1.85. The number of anilines is 5. The summed E-state index contributed by atoms with van der Waals surface area (Å²) in [6.07, 6.45) is 3.57. The number of ether oxygens (including phenoxy) is 1. The number of benzene rings is 1. The van der Waals surface area contributed by atoms with Crippen LogP contribution in [0.2, 0.25) is 0 Å². The average molecular weight is 410 g/mol. The van der Waals surface area contributed by atoms with Crippen LogP contribution in [0.5, 0.6) is 5.88 Å². The van der Waals surface area contributed by atoms with Crippen LogP contribution in [0.3, 0.4) is 0 Å². The second kappa shape index (κ2) is 9.33. The van der Waals surface area contributed by atoms with E-state index in [9.17, 15) is 9.18 Å². The molecule has 1 aromatic carbocycles. The Labute approximate surface area is 182 Å². The van der Waals surface area contributed by atoms with Gasteiger partial charge in [-0.25, -0.2) is 14.4 Å². The average Bonchev–Trinajstić information content (AvgIpc) is 2.71. The van der Waals surface area contributed by atoms with E-state index in [0.717, 1.165) is 12.3 Å². The normalized spacial score (nSPS) is 10.7. The van der Waals surface area contributed by atoms with Crippen LogP contribution >= 0.6 is 0 Å². The lowest BCUT2D eigenvalue weighted by Gasteiger charge is -2.22. The van der Waals surface area contributed by atoms with Crippen LogP contribution in [0, 0.1) is 5.82 Å². The molecule has 1 amide bonds. The van der Waals surface area contributed by atoms with Gasteiger partial charge >= 0.3 is 0 Å². The van der Waals surface area contributed by atoms with Crippen molar-refractivity contribution in [2.24, 2.45) is 0 Å². The molecule has 8 nitrogen and oxygen atoms in total. The molecule has 0 atom stereocenters. The van der Waals surface area contributed by atoms with Crippen molar-refractivity contribution in [1.29, 1.82) is 0 Å². The molecule has 6 radical (unpaired) electrons. The zero-order valence-electron chi connectivity index (χ0n) is 16.2. The Morgan fingerprint density at radius 1 is 1.06 bits per heavy atom. The van der Waals surface area contributed by atoms with Crippen LogP contribution < -0.4 is 20.7 Å². The first kappa shape index (κ1) is 21.9. The number of halogens is 1. The third-order valence-electron chi connectivity index (χ3n) is 3.60. The first-order chi connectivity index (χ1) is 14.7. The third-order valence-corrected chi connectivity index (χ3v) is 3.60. The topological polar surface area (TPSA) is 101 Å². The van der Waals surface area contributed by atoms with Crippen molar-refractivity contribution in [1.82, 2.24) is 15.0 Å². The van der Waals surface area contributed by atoms with E-state index in [2.05, 4.69) is 37.5 Å². The molecule has 0 saturated carbocycles. The fraction of sp³-hybridized carbons (Fsp3) is 0.0526. The number of carbonyl (C=O) groups excluding carboxylic acids is 1. The standard InChI is InChI=1S/C19H14B3FN6O2/c1-2-15(30)26-11-4-3-5-12(8-11)27-17-14(23)10-25-18(29-17)28-13-6-7-16(24-9-13)31-19(20,21)22/h2-10H,1H2,(H,26,30)(H2,25,27,28,29). The highest BCUT2D eigenvalue weighted by Crippen LogP contribution is 2.23. The second-order valence-corrected chi connectivity index (χ2v) is 6.26. The van der Waals surface area contributed by atoms with Crippen LogP contribution in [0.25, 0.3) is 0 Å². The molecule has 2 aromatic heterocycles. The maximum atomic E-state index is 14.2. The number of nitrogens with one attached hydrogen (secondary N) is 3. The Bertz CT molecular complexity index is 1090. The molecular formula is C19H14B3FN6O2. The van der Waals surface area contributed by atoms with E-state index in [1.807, 2.05) is 0 Å². The zero-order valence-corrected chi connectivity index (χ0v) is 16.2. The Morgan fingerprint density at radius 2 is 1.84 bits per heavy atom. The van der Waals surface area contributed by atoms with E-state index in [0.29, 0.717) is 17.1 Å². The Hall–Kier alpha value is -3.82. The zero-order chi connectivity index (χ0) is 22.4. The molecule has 3 aromatic rings. The molecule has 0 aliphatic rings. The third kappa shape index (κ3) is 6.60. The number of amides is 1. The molecule has 2 heterocycles. The molecule has 12 heteroatoms. The van der Waals surface area contributed by atoms with E-state index in [4.69, 9.17) is 28.3 Å². The summed E-state index contributed by atoms with van der Waals surface area (Å²) in [7, 11) is 16.1. The molecular weight excluding hydrogens is 396 g/mol. The highest BCUT2D eigenvalue weighted by atomic mass is 19.1. The minimum Gasteiger partial charge on any atom is -0.501 e. The summed E-state index contributed by atoms with van der Waals surface area (Å²) in [4.78, 5) is 23.5. The number of carbonyl (C=O) groups is 1. The molecule has 0 fully saturated rings. The molecule has 3 N–H and O–H groups in total. The summed E-state index contributed by atoms with van der Waals surface area (Å²) in [5.41, 5.74) is 1.51. The molecule has 0 aliphatic carbocycles. The fourth-order valence-corrected chi connectivity index (χ4v) is 2.34. The van der Waals surface area contributed by atoms with Gasteiger partial charge in [-0.3, -0.25) is 4.79 Å². The molecule has 31 heavy (non-hydrogen) atoms. The van der Waals surface area contributed by atoms with Gasteiger partial charge in [0.05, 0.1) is 18.1 Å². The SMILES string of the molecule is [B]C([B])([B])Oc1ccc(Nc2ncc(F)c(Nc3cccc(NC(=O)C=C)c3)n2)cn1. The Kier molecular flexibility index (Phi) is 6.59. The van der Waals surface area contributed by atoms with Gasteiger partial charge in [-0.15, -0.1) is 0 Å². The lowest BCUT2D eigenvalue weighted by Crippen LogP contribution is -2.37. The van der Waals surface area contributed by atoms with Crippen LogP contribution in [-0.2, 0) is 4.79 Å². The first-order valence-electron chi connectivity index (χ1n) is 8.83. The number of aromatic nitrogens is 3. The first-order valence-corrected chi connectivity index (χ1v) is 8.83. The van der Waals surface area contributed by atoms with Gasteiger partial charge in [-0.1, -0.05) is 12.6 Å². The van der Waals surface area contributed by atoms with Crippen LogP contribution in [0.15, 0.2) is 61.4 Å². The number of nitrogens with zero attached hydrogens (tertiary/aromatic N) is 3. The van der Waals surface area contributed by atoms with E-state index in [-0.39, 0.29) is 23.6 Å². The highest BCUT2D eigenvalue weighted by molar-refractivity contribution is 6.58. The van der Waals surface area contributed by atoms with Crippen molar-refractivity contribution < 1.29 is 13.9 Å². The number of rotatable bonds is 8. The highest BCUT2D eigenvalue weighted by Gasteiger charge is 2.12. The van der Waals surface area contributed by atoms with Crippen molar-refractivity contribution in [3.63, 3.8) is 0 Å². The maximum absolute atomic E-state index is 14.2. The predicted octanol–water partition coefficient (Wildman–Crippen LogP) is 2.12. The van der Waals surface area contributed by atoms with Gasteiger partial charge in [-0.05, 0) is 35.6 Å². The van der Waals surface area contributed by atoms with Crippen LogP contribution in [0.4, 0.5) is 33.2 Å². The van der Waals surface area contributed by atoms with E-state index >= 15 is 0 Å². The maximum Gasteiger partial charge on any atom is 0.247 e. The Morgan fingerprint density at radius 3 is 2.52 bits per heavy atom. The number of hydrogen-bond donors (Lipinski definition) is 3.